The van der Waals surface area contributed by atoms with Crippen molar-refractivity contribution < 1.29 is 17.6 Å². The number of nitrogens with one attached hydrogen (secondary N) is 1. The van der Waals surface area contributed by atoms with E-state index in [-0.39, 0.29) is 17.0 Å². The summed E-state index contributed by atoms with van der Waals surface area (Å²) in [5, 5.41) is 2.52. The monoisotopic (exact) mass is 317 g/mol. The van der Waals surface area contributed by atoms with Gasteiger partial charge < -0.3 is 5.32 Å². The highest BCUT2D eigenvalue weighted by Crippen LogP contribution is 2.26. The first kappa shape index (κ1) is 15.8. The Morgan fingerprint density at radius 3 is 2.29 bits per heavy atom. The van der Waals surface area contributed by atoms with Crippen molar-refractivity contribution in [1.29, 1.82) is 0 Å². The van der Waals surface area contributed by atoms with Gasteiger partial charge in [0.15, 0.2) is 11.6 Å². The third-order valence-electron chi connectivity index (χ3n) is 3.19. The van der Waals surface area contributed by atoms with Crippen LogP contribution in [0.3, 0.4) is 0 Å². The van der Waals surface area contributed by atoms with E-state index in [1.165, 1.54) is 6.07 Å². The van der Waals surface area contributed by atoms with Crippen molar-refractivity contribution in [2.75, 3.05) is 7.05 Å². The summed E-state index contributed by atoms with van der Waals surface area (Å²) in [7, 11) is 1.57. The molecule has 0 aliphatic rings. The number of likely N-dealkylation sites (N-methyl/N-ethyl adjacent to an activating group) is 1. The number of hydrogen-bond acceptors (Lipinski definition) is 1. The first-order valence-electron chi connectivity index (χ1n) is 6.18. The molecule has 1 N–H and O–H groups in total. The number of benzene rings is 2. The molecule has 0 saturated carbocycles. The predicted octanol–water partition coefficient (Wildman–Crippen LogP) is 4.40. The molecule has 0 aromatic heterocycles. The molecule has 1 atom stereocenters. The second-order valence-corrected chi connectivity index (χ2v) is 4.99. The summed E-state index contributed by atoms with van der Waals surface area (Å²) in [5.41, 5.74) is 0.534. The molecule has 0 fully saturated rings. The fraction of sp³-hybridized carbons (Fsp3) is 0.200. The van der Waals surface area contributed by atoms with Crippen LogP contribution in [0.1, 0.15) is 17.2 Å². The summed E-state index contributed by atoms with van der Waals surface area (Å²) < 4.78 is 53.4. The average molecular weight is 318 g/mol. The lowest BCUT2D eigenvalue weighted by Crippen LogP contribution is -2.20. The second-order valence-electron chi connectivity index (χ2n) is 4.58. The largest absolute Gasteiger partial charge is 0.313 e. The van der Waals surface area contributed by atoms with Crippen LogP contribution in [-0.2, 0) is 6.42 Å². The van der Waals surface area contributed by atoms with Crippen LogP contribution in [0, 0.1) is 23.3 Å². The first-order valence-corrected chi connectivity index (χ1v) is 6.55. The standard InChI is InChI=1S/C15H12ClF4N/c1-21-15(5-8-2-3-11(17)14(20)4-8)9-6-13(19)10(16)7-12(9)18/h2-4,6-7,15,21H,5H2,1H3. The Morgan fingerprint density at radius 1 is 0.952 bits per heavy atom. The Hall–Kier alpha value is -1.59. The molecular formula is C15H12ClF4N. The molecule has 112 valence electrons. The molecule has 2 aromatic carbocycles. The molecule has 0 radical (unpaired) electrons. The van der Waals surface area contributed by atoms with Crippen molar-refractivity contribution in [3.63, 3.8) is 0 Å². The molecule has 0 amide bonds. The van der Waals surface area contributed by atoms with E-state index >= 15 is 0 Å². The van der Waals surface area contributed by atoms with Gasteiger partial charge >= 0.3 is 0 Å². The van der Waals surface area contributed by atoms with Gasteiger partial charge in [-0.2, -0.15) is 0 Å². The van der Waals surface area contributed by atoms with Crippen molar-refractivity contribution in [3.05, 3.63) is 69.8 Å². The minimum absolute atomic E-state index is 0.0733. The zero-order valence-electron chi connectivity index (χ0n) is 11.1. The molecule has 21 heavy (non-hydrogen) atoms. The third kappa shape index (κ3) is 3.54. The maximum atomic E-state index is 13.9. The van der Waals surface area contributed by atoms with E-state index in [1.54, 1.807) is 7.05 Å². The van der Waals surface area contributed by atoms with E-state index in [4.69, 9.17) is 11.6 Å². The predicted molar refractivity (Wildman–Crippen MR) is 73.2 cm³/mol. The topological polar surface area (TPSA) is 12.0 Å². The van der Waals surface area contributed by atoms with Crippen LogP contribution in [0.4, 0.5) is 17.6 Å². The van der Waals surface area contributed by atoms with Gasteiger partial charge in [0.25, 0.3) is 0 Å². The lowest BCUT2D eigenvalue weighted by atomic mass is 9.98. The summed E-state index contributed by atoms with van der Waals surface area (Å²) in [6.07, 6.45) is 0.172. The number of halogens is 5. The van der Waals surface area contributed by atoms with Gasteiger partial charge in [-0.25, -0.2) is 17.6 Å². The van der Waals surface area contributed by atoms with Crippen LogP contribution in [0.25, 0.3) is 0 Å². The highest BCUT2D eigenvalue weighted by molar-refractivity contribution is 6.30. The molecule has 1 unspecified atom stereocenters. The normalized spacial score (nSPS) is 12.5. The van der Waals surface area contributed by atoms with Crippen LogP contribution < -0.4 is 5.32 Å². The van der Waals surface area contributed by atoms with Crippen LogP contribution in [0.5, 0.6) is 0 Å². The minimum atomic E-state index is -0.981. The van der Waals surface area contributed by atoms with Crippen LogP contribution in [0.15, 0.2) is 30.3 Å². The van der Waals surface area contributed by atoms with Crippen molar-refractivity contribution in [1.82, 2.24) is 5.32 Å². The van der Waals surface area contributed by atoms with Gasteiger partial charge in [-0.15, -0.1) is 0 Å². The summed E-state index contributed by atoms with van der Waals surface area (Å²) in [4.78, 5) is 0. The Labute approximate surface area is 124 Å². The van der Waals surface area contributed by atoms with E-state index in [0.717, 1.165) is 24.3 Å². The molecule has 2 rings (SSSR count). The maximum Gasteiger partial charge on any atom is 0.159 e. The average Bonchev–Trinajstić information content (AvgIpc) is 2.44. The van der Waals surface area contributed by atoms with Gasteiger partial charge in [-0.1, -0.05) is 17.7 Å². The Balaban J connectivity index is 2.31. The molecule has 0 aliphatic carbocycles. The van der Waals surface area contributed by atoms with E-state index in [9.17, 15) is 17.6 Å². The van der Waals surface area contributed by atoms with Gasteiger partial charge in [0.1, 0.15) is 11.6 Å². The summed E-state index contributed by atoms with van der Waals surface area (Å²) in [5.74, 6) is -3.34. The van der Waals surface area contributed by atoms with Crippen molar-refractivity contribution in [2.24, 2.45) is 0 Å². The lowest BCUT2D eigenvalue weighted by Gasteiger charge is -2.18. The van der Waals surface area contributed by atoms with E-state index in [1.807, 2.05) is 0 Å². The zero-order chi connectivity index (χ0) is 15.6. The van der Waals surface area contributed by atoms with E-state index in [0.29, 0.717) is 5.56 Å². The number of rotatable bonds is 4. The summed E-state index contributed by atoms with van der Waals surface area (Å²) >= 11 is 5.51. The second kappa shape index (κ2) is 6.45. The molecule has 1 nitrogen and oxygen atoms in total. The highest BCUT2D eigenvalue weighted by atomic mass is 35.5. The Bertz CT molecular complexity index is 660. The molecule has 0 bridgehead atoms. The van der Waals surface area contributed by atoms with Crippen molar-refractivity contribution in [3.8, 4) is 0 Å². The van der Waals surface area contributed by atoms with Crippen LogP contribution in [0.2, 0.25) is 5.02 Å². The SMILES string of the molecule is CNC(Cc1ccc(F)c(F)c1)c1cc(F)c(Cl)cc1F. The Morgan fingerprint density at radius 2 is 1.67 bits per heavy atom. The zero-order valence-corrected chi connectivity index (χ0v) is 11.8. The Kier molecular flexibility index (Phi) is 4.85. The van der Waals surface area contributed by atoms with Crippen LogP contribution in [-0.4, -0.2) is 7.05 Å². The van der Waals surface area contributed by atoms with Gasteiger partial charge in [0.2, 0.25) is 0 Å². The highest BCUT2D eigenvalue weighted by Gasteiger charge is 2.18. The minimum Gasteiger partial charge on any atom is -0.313 e. The molecular weight excluding hydrogens is 306 g/mol. The quantitative estimate of drug-likeness (QED) is 0.651. The van der Waals surface area contributed by atoms with Crippen LogP contribution >= 0.6 is 11.6 Å². The molecule has 0 saturated heterocycles. The van der Waals surface area contributed by atoms with Crippen molar-refractivity contribution >= 4 is 11.6 Å². The summed E-state index contributed by atoms with van der Waals surface area (Å²) in [6.45, 7) is 0. The first-order chi connectivity index (χ1) is 9.92. The van der Waals surface area contributed by atoms with E-state index in [2.05, 4.69) is 5.32 Å². The molecule has 0 spiro atoms. The summed E-state index contributed by atoms with van der Waals surface area (Å²) in [6, 6.07) is 4.72. The third-order valence-corrected chi connectivity index (χ3v) is 3.48. The lowest BCUT2D eigenvalue weighted by molar-refractivity contribution is 0.500. The van der Waals surface area contributed by atoms with Gasteiger partial charge in [0, 0.05) is 11.6 Å². The number of hydrogen-bond donors (Lipinski definition) is 1. The smallest absolute Gasteiger partial charge is 0.159 e. The van der Waals surface area contributed by atoms with Crippen molar-refractivity contribution in [2.45, 2.75) is 12.5 Å². The maximum absolute atomic E-state index is 13.9. The molecule has 2 aromatic rings. The fourth-order valence-electron chi connectivity index (χ4n) is 2.07. The van der Waals surface area contributed by atoms with Gasteiger partial charge in [0.05, 0.1) is 5.02 Å². The molecule has 0 aliphatic heterocycles. The van der Waals surface area contributed by atoms with Gasteiger partial charge in [-0.05, 0) is 43.3 Å². The van der Waals surface area contributed by atoms with E-state index < -0.39 is 29.3 Å². The fourth-order valence-corrected chi connectivity index (χ4v) is 2.23. The van der Waals surface area contributed by atoms with Gasteiger partial charge in [-0.3, -0.25) is 0 Å². The molecule has 0 heterocycles. The molecule has 6 heteroatoms.